The summed E-state index contributed by atoms with van der Waals surface area (Å²) in [6.45, 7) is 16.5. The Kier molecular flexibility index (Phi) is 8.31. The molecular formula is C63H53BN2. The zero-order valence-corrected chi connectivity index (χ0v) is 39.1. The summed E-state index contributed by atoms with van der Waals surface area (Å²) in [5, 5.41) is 5.11. The Labute approximate surface area is 389 Å². The fraction of sp³-hybridized carbons (Fsp3) is 0.175. The molecule has 318 valence electrons. The maximum atomic E-state index is 2.74. The number of anilines is 2. The molecule has 13 rings (SSSR count). The molecule has 66 heavy (non-hydrogen) atoms. The minimum Gasteiger partial charge on any atom is -0.376 e. The molecule has 0 fully saturated rings. The summed E-state index contributed by atoms with van der Waals surface area (Å²) in [7, 11) is 0. The molecule has 3 aliphatic rings. The second-order valence-corrected chi connectivity index (χ2v) is 20.9. The first-order valence-electron chi connectivity index (χ1n) is 23.9. The first-order valence-corrected chi connectivity index (χ1v) is 23.9. The molecule has 0 bridgehead atoms. The summed E-state index contributed by atoms with van der Waals surface area (Å²) < 4.78 is 2.65. The Balaban J connectivity index is 1.22. The molecule has 1 aromatic heterocycles. The molecule has 0 saturated carbocycles. The van der Waals surface area contributed by atoms with E-state index in [1.165, 1.54) is 146 Å². The van der Waals surface area contributed by atoms with E-state index in [0.29, 0.717) is 0 Å². The van der Waals surface area contributed by atoms with Gasteiger partial charge in [-0.05, 0) is 176 Å². The van der Waals surface area contributed by atoms with E-state index in [1.54, 1.807) is 0 Å². The third kappa shape index (κ3) is 5.62. The summed E-state index contributed by atoms with van der Waals surface area (Å²) in [4.78, 5) is 2.74. The van der Waals surface area contributed by atoms with Crippen LogP contribution in [0.2, 0.25) is 0 Å². The van der Waals surface area contributed by atoms with Crippen LogP contribution in [0.3, 0.4) is 0 Å². The Morgan fingerprint density at radius 2 is 1.14 bits per heavy atom. The monoisotopic (exact) mass is 848 g/mol. The molecule has 2 nitrogen and oxygen atoms in total. The molecule has 0 radical (unpaired) electrons. The second-order valence-electron chi connectivity index (χ2n) is 20.9. The van der Waals surface area contributed by atoms with Gasteiger partial charge in [0, 0.05) is 33.4 Å². The predicted molar refractivity (Wildman–Crippen MR) is 283 cm³/mol. The summed E-state index contributed by atoms with van der Waals surface area (Å²) >= 11 is 0. The molecule has 2 aliphatic heterocycles. The lowest BCUT2D eigenvalue weighted by Crippen LogP contribution is -2.60. The van der Waals surface area contributed by atoms with Gasteiger partial charge < -0.3 is 9.38 Å². The maximum Gasteiger partial charge on any atom is 0.333 e. The molecule has 0 unspecified atom stereocenters. The van der Waals surface area contributed by atoms with Crippen LogP contribution >= 0.6 is 0 Å². The van der Waals surface area contributed by atoms with Crippen LogP contribution in [0.4, 0.5) is 11.4 Å². The number of hydrogen-bond donors (Lipinski definition) is 0. The van der Waals surface area contributed by atoms with Crippen molar-refractivity contribution in [2.75, 3.05) is 4.81 Å². The summed E-state index contributed by atoms with van der Waals surface area (Å²) in [5.41, 5.74) is 26.2. The highest BCUT2D eigenvalue weighted by Gasteiger charge is 2.46. The van der Waals surface area contributed by atoms with E-state index in [9.17, 15) is 0 Å². The highest BCUT2D eigenvalue weighted by atomic mass is 15.1. The van der Waals surface area contributed by atoms with Gasteiger partial charge in [0.2, 0.25) is 0 Å². The Bertz CT molecular complexity index is 3660. The molecule has 0 amide bonds. The van der Waals surface area contributed by atoms with Gasteiger partial charge in [-0.1, -0.05) is 155 Å². The van der Waals surface area contributed by atoms with Gasteiger partial charge in [0.05, 0.1) is 11.0 Å². The SMILES string of the molecule is Cc1cc(C)c(-c2cc3c4c(c2)-n2c5ccc(-c6ccccc6)cc5c5cc(-c6ccccc6)cc(c52)B4N(c2ccc4c(c2)C(C)(C)CCC4(C)C)c2ccc4ccccc4c2-3)c(C)c1. The number of aryl methyl sites for hydroxylation is 3. The Hall–Kier alpha value is -7.10. The van der Waals surface area contributed by atoms with Crippen molar-refractivity contribution < 1.29 is 0 Å². The number of rotatable bonds is 4. The van der Waals surface area contributed by atoms with Crippen molar-refractivity contribution in [1.29, 1.82) is 0 Å². The average molecular weight is 849 g/mol. The van der Waals surface area contributed by atoms with Crippen molar-refractivity contribution in [2.45, 2.75) is 72.1 Å². The van der Waals surface area contributed by atoms with E-state index < -0.39 is 0 Å². The summed E-state index contributed by atoms with van der Waals surface area (Å²) in [6, 6.07) is 65.3. The lowest BCUT2D eigenvalue weighted by Gasteiger charge is -2.45. The largest absolute Gasteiger partial charge is 0.376 e. The molecule has 9 aromatic carbocycles. The molecular weight excluding hydrogens is 796 g/mol. The fourth-order valence-corrected chi connectivity index (χ4v) is 12.7. The fourth-order valence-electron chi connectivity index (χ4n) is 12.7. The van der Waals surface area contributed by atoms with E-state index in [1.807, 2.05) is 0 Å². The van der Waals surface area contributed by atoms with Gasteiger partial charge in [-0.2, -0.15) is 0 Å². The topological polar surface area (TPSA) is 8.17 Å². The standard InChI is InChI=1S/C63H53BN2/c1-38-30-39(2)58(40(3)31-38)46-34-51-59-48-21-15-14-20-43(48)22-27-56(59)66(47-24-25-52-53(37-47)63(6,7)29-28-62(52,4)5)64-54-35-45(42-18-12-9-13-19-42)33-50-49-32-44(41-16-10-8-11-17-41)23-26-55(49)65(61(50)54)57(36-46)60(51)64/h8-27,30-37H,28-29H2,1-7H3. The van der Waals surface area contributed by atoms with E-state index in [-0.39, 0.29) is 17.7 Å². The van der Waals surface area contributed by atoms with Crippen molar-refractivity contribution >= 4 is 61.7 Å². The van der Waals surface area contributed by atoms with Crippen molar-refractivity contribution in [2.24, 2.45) is 0 Å². The number of aromatic nitrogens is 1. The van der Waals surface area contributed by atoms with Gasteiger partial charge in [-0.3, -0.25) is 0 Å². The van der Waals surface area contributed by atoms with Crippen molar-refractivity contribution in [3.05, 3.63) is 198 Å². The normalized spacial score (nSPS) is 15.3. The van der Waals surface area contributed by atoms with Crippen molar-refractivity contribution in [3.8, 4) is 50.2 Å². The lowest BCUT2D eigenvalue weighted by molar-refractivity contribution is 0.332. The van der Waals surface area contributed by atoms with Crippen molar-refractivity contribution in [1.82, 2.24) is 4.57 Å². The highest BCUT2D eigenvalue weighted by molar-refractivity contribution is 6.93. The molecule has 0 spiro atoms. The molecule has 0 saturated heterocycles. The lowest BCUT2D eigenvalue weighted by atomic mass is 9.43. The van der Waals surface area contributed by atoms with Gasteiger partial charge in [-0.15, -0.1) is 0 Å². The van der Waals surface area contributed by atoms with E-state index >= 15 is 0 Å². The van der Waals surface area contributed by atoms with Crippen LogP contribution in [0.5, 0.6) is 0 Å². The number of benzene rings is 9. The van der Waals surface area contributed by atoms with Gasteiger partial charge in [0.25, 0.3) is 0 Å². The number of hydrogen-bond acceptors (Lipinski definition) is 1. The molecule has 10 aromatic rings. The van der Waals surface area contributed by atoms with E-state index in [2.05, 4.69) is 228 Å². The molecule has 3 heterocycles. The van der Waals surface area contributed by atoms with Crippen LogP contribution in [0.15, 0.2) is 170 Å². The third-order valence-electron chi connectivity index (χ3n) is 15.8. The minimum atomic E-state index is -0.104. The molecule has 0 atom stereocenters. The molecule has 1 aliphatic carbocycles. The van der Waals surface area contributed by atoms with Crippen LogP contribution in [-0.2, 0) is 10.8 Å². The Morgan fingerprint density at radius 3 is 1.88 bits per heavy atom. The van der Waals surface area contributed by atoms with Crippen LogP contribution in [0.25, 0.3) is 82.8 Å². The highest BCUT2D eigenvalue weighted by Crippen LogP contribution is 2.52. The zero-order chi connectivity index (χ0) is 44.8. The minimum absolute atomic E-state index is 0.0561. The second kappa shape index (κ2) is 14.0. The average Bonchev–Trinajstić information content (AvgIpc) is 3.65. The number of nitrogens with zero attached hydrogens (tertiary/aromatic N) is 2. The van der Waals surface area contributed by atoms with Gasteiger partial charge >= 0.3 is 6.85 Å². The molecule has 0 N–H and O–H groups in total. The van der Waals surface area contributed by atoms with Crippen LogP contribution in [-0.4, -0.2) is 11.4 Å². The predicted octanol–water partition coefficient (Wildman–Crippen LogP) is 15.4. The van der Waals surface area contributed by atoms with E-state index in [0.717, 1.165) is 0 Å². The van der Waals surface area contributed by atoms with Gasteiger partial charge in [0.1, 0.15) is 0 Å². The van der Waals surface area contributed by atoms with Crippen LogP contribution in [0.1, 0.15) is 68.4 Å². The van der Waals surface area contributed by atoms with E-state index in [4.69, 9.17) is 0 Å². The van der Waals surface area contributed by atoms with Crippen LogP contribution < -0.4 is 15.7 Å². The van der Waals surface area contributed by atoms with Crippen LogP contribution in [0, 0.1) is 20.8 Å². The quantitative estimate of drug-likeness (QED) is 0.160. The first-order chi connectivity index (χ1) is 31.9. The zero-order valence-electron chi connectivity index (χ0n) is 39.1. The smallest absolute Gasteiger partial charge is 0.333 e. The molecule has 3 heteroatoms. The third-order valence-corrected chi connectivity index (χ3v) is 15.8. The van der Waals surface area contributed by atoms with Gasteiger partial charge in [-0.25, -0.2) is 0 Å². The van der Waals surface area contributed by atoms with Gasteiger partial charge in [0.15, 0.2) is 0 Å². The first kappa shape index (κ1) is 39.3. The Morgan fingerprint density at radius 1 is 0.470 bits per heavy atom. The number of fused-ring (bicyclic) bond motifs is 10. The summed E-state index contributed by atoms with van der Waals surface area (Å²) in [6.07, 6.45) is 2.35. The van der Waals surface area contributed by atoms with Crippen molar-refractivity contribution in [3.63, 3.8) is 0 Å². The summed E-state index contributed by atoms with van der Waals surface area (Å²) in [5.74, 6) is 0. The maximum absolute atomic E-state index is 2.74.